The van der Waals surface area contributed by atoms with Crippen LogP contribution in [0.15, 0.2) is 0 Å². The average molecular weight is 167 g/mol. The maximum atomic E-state index is 2.22. The second kappa shape index (κ2) is 4.16. The van der Waals surface area contributed by atoms with E-state index in [0.29, 0.717) is 6.17 Å². The summed E-state index contributed by atoms with van der Waals surface area (Å²) in [5, 5.41) is 0. The second-order valence-corrected chi connectivity index (χ2v) is 3.71. The highest BCUT2D eigenvalue weighted by Gasteiger charge is 2.19. The minimum Gasteiger partial charge on any atom is -1.00 e. The molecule has 0 amide bonds. The molecule has 0 N–H and O–H groups in total. The molecule has 0 saturated heterocycles. The SMILES string of the molecule is CC(N(C)C)[N+](C)(C)C.[Cl-]. The highest BCUT2D eigenvalue weighted by Crippen LogP contribution is 2.02. The van der Waals surface area contributed by atoms with Crippen LogP contribution in [-0.4, -0.2) is 50.8 Å². The molecule has 0 rings (SSSR count). The van der Waals surface area contributed by atoms with Gasteiger partial charge in [0.15, 0.2) is 0 Å². The summed E-state index contributed by atoms with van der Waals surface area (Å²) >= 11 is 0. The van der Waals surface area contributed by atoms with Crippen molar-refractivity contribution in [3.05, 3.63) is 0 Å². The van der Waals surface area contributed by atoms with E-state index in [-0.39, 0.29) is 12.4 Å². The summed E-state index contributed by atoms with van der Waals surface area (Å²) in [5.41, 5.74) is 0. The van der Waals surface area contributed by atoms with E-state index in [1.54, 1.807) is 0 Å². The van der Waals surface area contributed by atoms with E-state index in [4.69, 9.17) is 0 Å². The molecular formula is C7H19ClN2. The summed E-state index contributed by atoms with van der Waals surface area (Å²) in [6.45, 7) is 2.22. The van der Waals surface area contributed by atoms with Crippen LogP contribution in [-0.2, 0) is 0 Å². The molecule has 2 nitrogen and oxygen atoms in total. The second-order valence-electron chi connectivity index (χ2n) is 3.71. The number of rotatable bonds is 2. The van der Waals surface area contributed by atoms with Crippen molar-refractivity contribution < 1.29 is 16.9 Å². The van der Waals surface area contributed by atoms with E-state index in [1.807, 2.05) is 0 Å². The van der Waals surface area contributed by atoms with Crippen LogP contribution >= 0.6 is 0 Å². The van der Waals surface area contributed by atoms with Crippen molar-refractivity contribution in [3.63, 3.8) is 0 Å². The van der Waals surface area contributed by atoms with Crippen molar-refractivity contribution in [1.82, 2.24) is 4.90 Å². The van der Waals surface area contributed by atoms with Crippen LogP contribution in [0.3, 0.4) is 0 Å². The molecule has 3 heteroatoms. The van der Waals surface area contributed by atoms with Crippen molar-refractivity contribution in [2.75, 3.05) is 35.2 Å². The van der Waals surface area contributed by atoms with Gasteiger partial charge in [-0.1, -0.05) is 0 Å². The molecule has 64 valence electrons. The summed E-state index contributed by atoms with van der Waals surface area (Å²) in [6.07, 6.45) is 0.588. The quantitative estimate of drug-likeness (QED) is 0.327. The van der Waals surface area contributed by atoms with Gasteiger partial charge < -0.3 is 16.9 Å². The molecule has 0 aromatic heterocycles. The smallest absolute Gasteiger partial charge is 0.141 e. The maximum absolute atomic E-state index is 2.22. The van der Waals surface area contributed by atoms with Crippen molar-refractivity contribution in [3.8, 4) is 0 Å². The molecule has 10 heavy (non-hydrogen) atoms. The van der Waals surface area contributed by atoms with Crippen LogP contribution in [0.2, 0.25) is 0 Å². The Hall–Kier alpha value is 0.210. The van der Waals surface area contributed by atoms with E-state index in [1.165, 1.54) is 0 Å². The van der Waals surface area contributed by atoms with Gasteiger partial charge in [0, 0.05) is 6.92 Å². The van der Waals surface area contributed by atoms with Gasteiger partial charge in [-0.05, 0) is 14.1 Å². The lowest BCUT2D eigenvalue weighted by atomic mass is 10.4. The molecule has 0 aliphatic heterocycles. The predicted molar refractivity (Wildman–Crippen MR) is 41.2 cm³/mol. The maximum Gasteiger partial charge on any atom is 0.141 e. The molecule has 0 heterocycles. The average Bonchev–Trinajstić information content (AvgIpc) is 1.62. The van der Waals surface area contributed by atoms with Gasteiger partial charge in [-0.3, -0.25) is 4.90 Å². The minimum absolute atomic E-state index is 0. The summed E-state index contributed by atoms with van der Waals surface area (Å²) in [5.74, 6) is 0. The first-order valence-corrected chi connectivity index (χ1v) is 3.33. The molecule has 0 aliphatic rings. The highest BCUT2D eigenvalue weighted by atomic mass is 35.5. The molecule has 0 aromatic rings. The van der Waals surface area contributed by atoms with Gasteiger partial charge in [0.2, 0.25) is 0 Å². The molecule has 1 unspecified atom stereocenters. The lowest BCUT2D eigenvalue weighted by Crippen LogP contribution is -3.00. The van der Waals surface area contributed by atoms with E-state index in [2.05, 4.69) is 47.1 Å². The van der Waals surface area contributed by atoms with E-state index in [9.17, 15) is 0 Å². The van der Waals surface area contributed by atoms with Gasteiger partial charge >= 0.3 is 0 Å². The Bertz CT molecular complexity index is 86.1. The zero-order valence-corrected chi connectivity index (χ0v) is 8.61. The molecule has 0 aromatic carbocycles. The normalized spacial score (nSPS) is 14.7. The highest BCUT2D eigenvalue weighted by molar-refractivity contribution is 4.42. The lowest BCUT2D eigenvalue weighted by molar-refractivity contribution is -0.905. The Kier molecular flexibility index (Phi) is 5.35. The van der Waals surface area contributed by atoms with Crippen LogP contribution in [0.4, 0.5) is 0 Å². The number of hydrogen-bond acceptors (Lipinski definition) is 1. The van der Waals surface area contributed by atoms with Gasteiger partial charge in [0.1, 0.15) is 6.17 Å². The Morgan fingerprint density at radius 1 is 1.10 bits per heavy atom. The summed E-state index contributed by atoms with van der Waals surface area (Å²) in [6, 6.07) is 0. The molecule has 0 fully saturated rings. The fourth-order valence-corrected chi connectivity index (χ4v) is 0.693. The number of halogens is 1. The van der Waals surface area contributed by atoms with E-state index < -0.39 is 0 Å². The fraction of sp³-hybridized carbons (Fsp3) is 1.00. The van der Waals surface area contributed by atoms with Crippen LogP contribution in [0.1, 0.15) is 6.92 Å². The Balaban J connectivity index is 0. The largest absolute Gasteiger partial charge is 1.00 e. The van der Waals surface area contributed by atoms with Gasteiger partial charge in [-0.25, -0.2) is 0 Å². The standard InChI is InChI=1S/C7H19N2.ClH/c1-7(8(2)3)9(4,5)6;/h7H,1-6H3;1H/q+1;/p-1. The molecular weight excluding hydrogens is 148 g/mol. The third-order valence-corrected chi connectivity index (χ3v) is 1.87. The number of hydrogen-bond donors (Lipinski definition) is 0. The first-order chi connectivity index (χ1) is 3.85. The zero-order chi connectivity index (χ0) is 7.65. The predicted octanol–water partition coefficient (Wildman–Crippen LogP) is -2.40. The molecule has 0 spiro atoms. The Morgan fingerprint density at radius 3 is 1.40 bits per heavy atom. The zero-order valence-electron chi connectivity index (χ0n) is 7.85. The van der Waals surface area contributed by atoms with Gasteiger partial charge in [0.25, 0.3) is 0 Å². The Morgan fingerprint density at radius 2 is 1.40 bits per heavy atom. The Labute approximate surface area is 70.8 Å². The van der Waals surface area contributed by atoms with Crippen molar-refractivity contribution in [2.24, 2.45) is 0 Å². The van der Waals surface area contributed by atoms with Crippen LogP contribution in [0, 0.1) is 0 Å². The summed E-state index contributed by atoms with van der Waals surface area (Å²) in [4.78, 5) is 2.22. The third-order valence-electron chi connectivity index (χ3n) is 1.87. The van der Waals surface area contributed by atoms with Crippen molar-refractivity contribution in [2.45, 2.75) is 13.1 Å². The van der Waals surface area contributed by atoms with Crippen LogP contribution in [0.5, 0.6) is 0 Å². The van der Waals surface area contributed by atoms with Crippen LogP contribution < -0.4 is 12.4 Å². The topological polar surface area (TPSA) is 3.24 Å². The van der Waals surface area contributed by atoms with Gasteiger partial charge in [-0.15, -0.1) is 0 Å². The summed E-state index contributed by atoms with van der Waals surface area (Å²) < 4.78 is 0.993. The lowest BCUT2D eigenvalue weighted by Gasteiger charge is -2.35. The molecule has 1 atom stereocenters. The van der Waals surface area contributed by atoms with Crippen molar-refractivity contribution >= 4 is 0 Å². The third kappa shape index (κ3) is 4.09. The van der Waals surface area contributed by atoms with Gasteiger partial charge in [0.05, 0.1) is 21.1 Å². The number of nitrogens with zero attached hydrogens (tertiary/aromatic N) is 2. The van der Waals surface area contributed by atoms with Crippen molar-refractivity contribution in [1.29, 1.82) is 0 Å². The van der Waals surface area contributed by atoms with Crippen LogP contribution in [0.25, 0.3) is 0 Å². The van der Waals surface area contributed by atoms with Gasteiger partial charge in [-0.2, -0.15) is 0 Å². The molecule has 0 aliphatic carbocycles. The monoisotopic (exact) mass is 166 g/mol. The first-order valence-electron chi connectivity index (χ1n) is 3.33. The first kappa shape index (κ1) is 12.8. The minimum atomic E-state index is 0. The molecule has 0 saturated carbocycles. The van der Waals surface area contributed by atoms with E-state index in [0.717, 1.165) is 4.48 Å². The fourth-order valence-electron chi connectivity index (χ4n) is 0.693. The van der Waals surface area contributed by atoms with E-state index >= 15 is 0 Å². The summed E-state index contributed by atoms with van der Waals surface area (Å²) in [7, 11) is 10.8. The molecule has 0 bridgehead atoms. The molecule has 0 radical (unpaired) electrons. The number of quaternary nitrogens is 1.